The number of aromatic nitrogens is 4. The lowest BCUT2D eigenvalue weighted by molar-refractivity contribution is 0.0961. The van der Waals surface area contributed by atoms with Crippen molar-refractivity contribution in [3.63, 3.8) is 0 Å². The minimum atomic E-state index is -0.281. The van der Waals surface area contributed by atoms with E-state index >= 15 is 0 Å². The smallest absolute Gasteiger partial charge is 0.255 e. The number of nitrogens with zero attached hydrogens (tertiary/aromatic N) is 4. The van der Waals surface area contributed by atoms with Gasteiger partial charge in [0.1, 0.15) is 0 Å². The van der Waals surface area contributed by atoms with E-state index in [1.54, 1.807) is 54.2 Å². The van der Waals surface area contributed by atoms with Crippen molar-refractivity contribution in [3.05, 3.63) is 59.7 Å². The quantitative estimate of drug-likeness (QED) is 0.732. The van der Waals surface area contributed by atoms with Crippen LogP contribution in [-0.4, -0.2) is 39.1 Å². The number of carbonyl (C=O) groups excluding carboxylic acids is 2. The molecule has 3 aromatic rings. The van der Waals surface area contributed by atoms with E-state index in [2.05, 4.69) is 26.2 Å². The van der Waals surface area contributed by atoms with Crippen molar-refractivity contribution in [2.24, 2.45) is 0 Å². The molecule has 0 aliphatic rings. The number of rotatable bonds is 5. The van der Waals surface area contributed by atoms with Crippen LogP contribution in [0, 0.1) is 0 Å². The fourth-order valence-electron chi connectivity index (χ4n) is 2.51. The molecule has 2 amide bonds. The van der Waals surface area contributed by atoms with E-state index in [1.165, 1.54) is 0 Å². The van der Waals surface area contributed by atoms with Crippen LogP contribution in [0.3, 0.4) is 0 Å². The molecule has 0 radical (unpaired) electrons. The van der Waals surface area contributed by atoms with Crippen molar-refractivity contribution in [2.75, 3.05) is 12.4 Å². The Morgan fingerprint density at radius 1 is 1.04 bits per heavy atom. The molecule has 0 bridgehead atoms. The molecule has 1 heterocycles. The van der Waals surface area contributed by atoms with E-state index < -0.39 is 0 Å². The molecule has 0 spiro atoms. The van der Waals surface area contributed by atoms with Gasteiger partial charge in [0.05, 0.1) is 0 Å². The maximum atomic E-state index is 12.6. The van der Waals surface area contributed by atoms with Crippen molar-refractivity contribution < 1.29 is 9.59 Å². The zero-order chi connectivity index (χ0) is 18.5. The third-order valence-electron chi connectivity index (χ3n) is 3.82. The standard InChI is InChI=1S/C18H18N6O2/c1-3-24-16(21-22-23-24)12-6-4-7-13(10-12)18(26)20-15-9-5-8-14(11-15)17(25)19-2/h4-11H,3H2,1-2H3,(H,19,25)(H,20,26). The Morgan fingerprint density at radius 3 is 2.50 bits per heavy atom. The molecule has 1 aromatic heterocycles. The highest BCUT2D eigenvalue weighted by Gasteiger charge is 2.12. The molecule has 0 saturated carbocycles. The summed E-state index contributed by atoms with van der Waals surface area (Å²) < 4.78 is 1.66. The summed E-state index contributed by atoms with van der Waals surface area (Å²) in [7, 11) is 1.56. The Bertz CT molecular complexity index is 950. The summed E-state index contributed by atoms with van der Waals surface area (Å²) in [6.45, 7) is 2.57. The largest absolute Gasteiger partial charge is 0.355 e. The van der Waals surface area contributed by atoms with Gasteiger partial charge in [0.15, 0.2) is 5.82 Å². The Hall–Kier alpha value is -3.55. The maximum Gasteiger partial charge on any atom is 0.255 e. The van der Waals surface area contributed by atoms with Crippen LogP contribution >= 0.6 is 0 Å². The fourth-order valence-corrected chi connectivity index (χ4v) is 2.51. The van der Waals surface area contributed by atoms with Gasteiger partial charge in [-0.2, -0.15) is 0 Å². The number of carbonyl (C=O) groups is 2. The first-order valence-corrected chi connectivity index (χ1v) is 8.12. The highest BCUT2D eigenvalue weighted by Crippen LogP contribution is 2.19. The molecular weight excluding hydrogens is 332 g/mol. The van der Waals surface area contributed by atoms with Gasteiger partial charge in [0.25, 0.3) is 11.8 Å². The lowest BCUT2D eigenvalue weighted by atomic mass is 10.1. The van der Waals surface area contributed by atoms with Crippen LogP contribution in [-0.2, 0) is 6.54 Å². The average Bonchev–Trinajstić information content (AvgIpc) is 3.16. The van der Waals surface area contributed by atoms with Crippen molar-refractivity contribution in [2.45, 2.75) is 13.5 Å². The lowest BCUT2D eigenvalue weighted by Crippen LogP contribution is -2.18. The number of hydrogen-bond donors (Lipinski definition) is 2. The van der Waals surface area contributed by atoms with E-state index in [0.29, 0.717) is 29.2 Å². The van der Waals surface area contributed by atoms with Gasteiger partial charge in [-0.05, 0) is 47.7 Å². The molecule has 26 heavy (non-hydrogen) atoms. The van der Waals surface area contributed by atoms with Crippen molar-refractivity contribution in [3.8, 4) is 11.4 Å². The summed E-state index contributed by atoms with van der Waals surface area (Å²) in [5.41, 5.74) is 2.24. The van der Waals surface area contributed by atoms with Crippen LogP contribution in [0.4, 0.5) is 5.69 Å². The molecule has 8 heteroatoms. The van der Waals surface area contributed by atoms with Gasteiger partial charge in [-0.15, -0.1) is 5.10 Å². The second-order valence-corrected chi connectivity index (χ2v) is 5.51. The monoisotopic (exact) mass is 350 g/mol. The molecule has 0 aliphatic carbocycles. The predicted molar refractivity (Wildman–Crippen MR) is 96.7 cm³/mol. The number of aryl methyl sites for hydroxylation is 1. The molecule has 2 aromatic carbocycles. The van der Waals surface area contributed by atoms with E-state index in [-0.39, 0.29) is 11.8 Å². The lowest BCUT2D eigenvalue weighted by Gasteiger charge is -2.08. The third kappa shape index (κ3) is 3.59. The molecule has 8 nitrogen and oxygen atoms in total. The number of hydrogen-bond acceptors (Lipinski definition) is 5. The third-order valence-corrected chi connectivity index (χ3v) is 3.82. The maximum absolute atomic E-state index is 12.6. The Kier molecular flexibility index (Phi) is 5.02. The second-order valence-electron chi connectivity index (χ2n) is 5.51. The van der Waals surface area contributed by atoms with Crippen molar-refractivity contribution >= 4 is 17.5 Å². The number of tetrazole rings is 1. The number of nitrogens with one attached hydrogen (secondary N) is 2. The molecule has 2 N–H and O–H groups in total. The average molecular weight is 350 g/mol. The normalized spacial score (nSPS) is 10.4. The van der Waals surface area contributed by atoms with Crippen molar-refractivity contribution in [1.29, 1.82) is 0 Å². The van der Waals surface area contributed by atoms with Crippen LogP contribution in [0.25, 0.3) is 11.4 Å². The molecule has 0 atom stereocenters. The van der Waals surface area contributed by atoms with E-state index in [9.17, 15) is 9.59 Å². The molecule has 132 valence electrons. The number of anilines is 1. The molecule has 3 rings (SSSR count). The second kappa shape index (κ2) is 7.56. The van der Waals surface area contributed by atoms with Gasteiger partial charge in [0, 0.05) is 36.0 Å². The summed E-state index contributed by atoms with van der Waals surface area (Å²) in [5.74, 6) is 0.106. The Labute approximate surface area is 150 Å². The Morgan fingerprint density at radius 2 is 1.77 bits per heavy atom. The SMILES string of the molecule is CCn1nnnc1-c1cccc(C(=O)Nc2cccc(C(=O)NC)c2)c1. The van der Waals surface area contributed by atoms with Gasteiger partial charge in [-0.25, -0.2) is 4.68 Å². The first-order valence-electron chi connectivity index (χ1n) is 8.12. The summed E-state index contributed by atoms with van der Waals surface area (Å²) in [6, 6.07) is 13.8. The first kappa shape index (κ1) is 17.3. The van der Waals surface area contributed by atoms with Gasteiger partial charge >= 0.3 is 0 Å². The van der Waals surface area contributed by atoms with Gasteiger partial charge in [-0.3, -0.25) is 9.59 Å². The predicted octanol–water partition coefficient (Wildman–Crippen LogP) is 1.97. The molecule has 0 fully saturated rings. The molecule has 0 saturated heterocycles. The zero-order valence-corrected chi connectivity index (χ0v) is 14.4. The van der Waals surface area contributed by atoms with Gasteiger partial charge < -0.3 is 10.6 Å². The van der Waals surface area contributed by atoms with Gasteiger partial charge in [0.2, 0.25) is 0 Å². The molecular formula is C18H18N6O2. The highest BCUT2D eigenvalue weighted by molar-refractivity contribution is 6.05. The molecule has 0 unspecified atom stereocenters. The van der Waals surface area contributed by atoms with Crippen molar-refractivity contribution in [1.82, 2.24) is 25.5 Å². The highest BCUT2D eigenvalue weighted by atomic mass is 16.2. The van der Waals surface area contributed by atoms with Crippen LogP contribution in [0.2, 0.25) is 0 Å². The number of amides is 2. The van der Waals surface area contributed by atoms with Crippen LogP contribution in [0.15, 0.2) is 48.5 Å². The van der Waals surface area contributed by atoms with E-state index in [1.807, 2.05) is 13.0 Å². The molecule has 0 aliphatic heterocycles. The van der Waals surface area contributed by atoms with Gasteiger partial charge in [-0.1, -0.05) is 18.2 Å². The number of benzene rings is 2. The fraction of sp³-hybridized carbons (Fsp3) is 0.167. The van der Waals surface area contributed by atoms with Crippen LogP contribution in [0.1, 0.15) is 27.6 Å². The zero-order valence-electron chi connectivity index (χ0n) is 14.4. The van der Waals surface area contributed by atoms with Crippen LogP contribution < -0.4 is 10.6 Å². The van der Waals surface area contributed by atoms with E-state index in [4.69, 9.17) is 0 Å². The summed E-state index contributed by atoms with van der Waals surface area (Å²) in [6.07, 6.45) is 0. The minimum Gasteiger partial charge on any atom is -0.355 e. The summed E-state index contributed by atoms with van der Waals surface area (Å²) >= 11 is 0. The topological polar surface area (TPSA) is 102 Å². The van der Waals surface area contributed by atoms with Crippen LogP contribution in [0.5, 0.6) is 0 Å². The first-order chi connectivity index (χ1) is 12.6. The summed E-state index contributed by atoms with van der Waals surface area (Å²) in [4.78, 5) is 24.3. The van der Waals surface area contributed by atoms with E-state index in [0.717, 1.165) is 5.56 Å². The summed E-state index contributed by atoms with van der Waals surface area (Å²) in [5, 5.41) is 16.9. The Balaban J connectivity index is 1.83. The minimum absolute atomic E-state index is 0.213.